The summed E-state index contributed by atoms with van der Waals surface area (Å²) in [7, 11) is 0. The number of fused-ring (bicyclic) bond motifs is 1. The van der Waals surface area contributed by atoms with E-state index in [1.807, 2.05) is 36.9 Å². The topological polar surface area (TPSA) is 71.1 Å². The SMILES string of the molecule is Cc1ccc(Cc2cc(C)nc(C3CN(C(=O)c4n[nH]c5ccc(C)cc45)CCO3)c2)cc1. The lowest BCUT2D eigenvalue weighted by Crippen LogP contribution is -2.42. The van der Waals surface area contributed by atoms with Crippen molar-refractivity contribution in [1.82, 2.24) is 20.1 Å². The van der Waals surface area contributed by atoms with Gasteiger partial charge in [0.05, 0.1) is 24.4 Å². The number of nitrogens with one attached hydrogen (secondary N) is 1. The Balaban J connectivity index is 1.37. The minimum Gasteiger partial charge on any atom is -0.368 e. The third kappa shape index (κ3) is 4.52. The van der Waals surface area contributed by atoms with Crippen molar-refractivity contribution in [3.63, 3.8) is 0 Å². The van der Waals surface area contributed by atoms with Gasteiger partial charge in [-0.1, -0.05) is 41.5 Å². The predicted octanol–water partition coefficient (Wildman–Crippen LogP) is 4.69. The van der Waals surface area contributed by atoms with Crippen molar-refractivity contribution in [2.24, 2.45) is 0 Å². The van der Waals surface area contributed by atoms with Gasteiger partial charge >= 0.3 is 0 Å². The van der Waals surface area contributed by atoms with E-state index in [4.69, 9.17) is 9.72 Å². The van der Waals surface area contributed by atoms with Crippen LogP contribution in [0.4, 0.5) is 0 Å². The number of carbonyl (C=O) groups is 1. The molecule has 1 unspecified atom stereocenters. The number of hydrogen-bond donors (Lipinski definition) is 1. The summed E-state index contributed by atoms with van der Waals surface area (Å²) in [6.45, 7) is 7.59. The van der Waals surface area contributed by atoms with E-state index in [2.05, 4.69) is 53.5 Å². The van der Waals surface area contributed by atoms with Gasteiger partial charge in [0.2, 0.25) is 0 Å². The molecular formula is C27H28N4O2. The van der Waals surface area contributed by atoms with Crippen molar-refractivity contribution in [2.45, 2.75) is 33.3 Å². The fourth-order valence-corrected chi connectivity index (χ4v) is 4.43. The molecule has 2 aromatic carbocycles. The lowest BCUT2D eigenvalue weighted by molar-refractivity contribution is -0.0249. The van der Waals surface area contributed by atoms with Crippen LogP contribution in [-0.4, -0.2) is 45.7 Å². The second-order valence-corrected chi connectivity index (χ2v) is 8.94. The summed E-state index contributed by atoms with van der Waals surface area (Å²) in [5, 5.41) is 8.16. The number of rotatable bonds is 4. The number of carbonyl (C=O) groups excluding carboxylic acids is 1. The highest BCUT2D eigenvalue weighted by atomic mass is 16.5. The van der Waals surface area contributed by atoms with Crippen molar-refractivity contribution in [1.29, 1.82) is 0 Å². The number of hydrogen-bond acceptors (Lipinski definition) is 4. The van der Waals surface area contributed by atoms with E-state index in [0.29, 0.717) is 25.4 Å². The quantitative estimate of drug-likeness (QED) is 0.500. The molecule has 1 saturated heterocycles. The zero-order chi connectivity index (χ0) is 22.9. The van der Waals surface area contributed by atoms with Crippen molar-refractivity contribution in [3.05, 3.63) is 93.9 Å². The van der Waals surface area contributed by atoms with E-state index < -0.39 is 0 Å². The molecule has 33 heavy (non-hydrogen) atoms. The molecule has 0 bridgehead atoms. The predicted molar refractivity (Wildman–Crippen MR) is 128 cm³/mol. The number of pyridine rings is 1. The molecule has 1 fully saturated rings. The first-order valence-electron chi connectivity index (χ1n) is 11.3. The summed E-state index contributed by atoms with van der Waals surface area (Å²) in [5.74, 6) is -0.0762. The van der Waals surface area contributed by atoms with Gasteiger partial charge < -0.3 is 9.64 Å². The summed E-state index contributed by atoms with van der Waals surface area (Å²) in [4.78, 5) is 19.9. The van der Waals surface area contributed by atoms with Crippen LogP contribution in [0.2, 0.25) is 0 Å². The van der Waals surface area contributed by atoms with Crippen LogP contribution in [0.3, 0.4) is 0 Å². The molecule has 0 spiro atoms. The molecule has 0 saturated carbocycles. The van der Waals surface area contributed by atoms with Gasteiger partial charge in [0, 0.05) is 17.6 Å². The van der Waals surface area contributed by atoms with Crippen molar-refractivity contribution >= 4 is 16.8 Å². The summed E-state index contributed by atoms with van der Waals surface area (Å²) in [6.07, 6.45) is 0.580. The number of H-pyrrole nitrogens is 1. The lowest BCUT2D eigenvalue weighted by Gasteiger charge is -2.32. The molecule has 0 aliphatic carbocycles. The number of benzene rings is 2. The first-order valence-corrected chi connectivity index (χ1v) is 11.3. The Morgan fingerprint density at radius 2 is 1.82 bits per heavy atom. The maximum absolute atomic E-state index is 13.3. The van der Waals surface area contributed by atoms with Gasteiger partial charge in [-0.2, -0.15) is 5.10 Å². The number of aryl methyl sites for hydroxylation is 3. The third-order valence-electron chi connectivity index (χ3n) is 6.17. The molecule has 1 aliphatic heterocycles. The summed E-state index contributed by atoms with van der Waals surface area (Å²) >= 11 is 0. The van der Waals surface area contributed by atoms with Crippen molar-refractivity contribution in [2.75, 3.05) is 19.7 Å². The molecule has 168 valence electrons. The molecule has 0 radical (unpaired) electrons. The van der Waals surface area contributed by atoms with E-state index in [1.165, 1.54) is 16.7 Å². The van der Waals surface area contributed by atoms with Crippen LogP contribution in [0, 0.1) is 20.8 Å². The van der Waals surface area contributed by atoms with E-state index in [-0.39, 0.29) is 12.0 Å². The van der Waals surface area contributed by atoms with Gasteiger partial charge in [-0.05, 0) is 62.6 Å². The van der Waals surface area contributed by atoms with E-state index in [1.54, 1.807) is 0 Å². The highest BCUT2D eigenvalue weighted by molar-refractivity contribution is 6.04. The molecule has 1 N–H and O–H groups in total. The zero-order valence-corrected chi connectivity index (χ0v) is 19.3. The molecule has 1 aliphatic rings. The molecule has 5 rings (SSSR count). The maximum Gasteiger partial charge on any atom is 0.275 e. The number of aromatic nitrogens is 3. The Bertz CT molecular complexity index is 1310. The number of morpholine rings is 1. The molecular weight excluding hydrogens is 412 g/mol. The normalized spacial score (nSPS) is 16.3. The second-order valence-electron chi connectivity index (χ2n) is 8.94. The molecule has 1 amide bonds. The number of nitrogens with zero attached hydrogens (tertiary/aromatic N) is 3. The highest BCUT2D eigenvalue weighted by Crippen LogP contribution is 2.26. The molecule has 6 heteroatoms. The van der Waals surface area contributed by atoms with Crippen LogP contribution in [0.5, 0.6) is 0 Å². The van der Waals surface area contributed by atoms with Crippen molar-refractivity contribution < 1.29 is 9.53 Å². The van der Waals surface area contributed by atoms with Gasteiger partial charge in [0.1, 0.15) is 6.10 Å². The van der Waals surface area contributed by atoms with E-state index in [9.17, 15) is 4.79 Å². The Kier molecular flexibility index (Phi) is 5.68. The van der Waals surface area contributed by atoms with Crippen LogP contribution >= 0.6 is 0 Å². The summed E-state index contributed by atoms with van der Waals surface area (Å²) in [5.41, 5.74) is 7.98. The Hall–Kier alpha value is -3.51. The smallest absolute Gasteiger partial charge is 0.275 e. The molecule has 4 aromatic rings. The summed E-state index contributed by atoms with van der Waals surface area (Å²) in [6, 6.07) is 18.8. The van der Waals surface area contributed by atoms with Gasteiger partial charge in [-0.15, -0.1) is 0 Å². The highest BCUT2D eigenvalue weighted by Gasteiger charge is 2.29. The number of ether oxygens (including phenoxy) is 1. The summed E-state index contributed by atoms with van der Waals surface area (Å²) < 4.78 is 6.06. The number of aromatic amines is 1. The lowest BCUT2D eigenvalue weighted by atomic mass is 10.0. The van der Waals surface area contributed by atoms with Crippen molar-refractivity contribution in [3.8, 4) is 0 Å². The van der Waals surface area contributed by atoms with Crippen LogP contribution in [0.15, 0.2) is 54.6 Å². The van der Waals surface area contributed by atoms with Gasteiger partial charge in [-0.3, -0.25) is 14.9 Å². The van der Waals surface area contributed by atoms with Gasteiger partial charge in [0.25, 0.3) is 5.91 Å². The van der Waals surface area contributed by atoms with Gasteiger partial charge in [-0.25, -0.2) is 0 Å². The Labute approximate surface area is 193 Å². The van der Waals surface area contributed by atoms with Gasteiger partial charge in [0.15, 0.2) is 5.69 Å². The number of amides is 1. The molecule has 2 aromatic heterocycles. The Morgan fingerprint density at radius 1 is 1.03 bits per heavy atom. The van der Waals surface area contributed by atoms with Crippen LogP contribution in [0.25, 0.3) is 10.9 Å². The first kappa shape index (κ1) is 21.3. The minimum absolute atomic E-state index is 0.0762. The largest absolute Gasteiger partial charge is 0.368 e. The first-order chi connectivity index (χ1) is 16.0. The Morgan fingerprint density at radius 3 is 2.64 bits per heavy atom. The van der Waals surface area contributed by atoms with Crippen LogP contribution < -0.4 is 0 Å². The standard InChI is InChI=1S/C27H28N4O2/c1-17-4-7-20(8-5-17)14-21-13-19(3)28-24(15-21)25-16-31(10-11-33-25)27(32)26-22-12-18(2)6-9-23(22)29-30-26/h4-9,12-13,15,25H,10-11,14,16H2,1-3H3,(H,29,30). The maximum atomic E-state index is 13.3. The van der Waals surface area contributed by atoms with E-state index in [0.717, 1.165) is 34.3 Å². The minimum atomic E-state index is -0.258. The molecule has 1 atom stereocenters. The molecule has 6 nitrogen and oxygen atoms in total. The second kappa shape index (κ2) is 8.79. The van der Waals surface area contributed by atoms with Crippen LogP contribution in [-0.2, 0) is 11.2 Å². The fraction of sp³-hybridized carbons (Fsp3) is 0.296. The fourth-order valence-electron chi connectivity index (χ4n) is 4.43. The average Bonchev–Trinajstić information content (AvgIpc) is 3.23. The zero-order valence-electron chi connectivity index (χ0n) is 19.3. The molecule has 3 heterocycles. The van der Waals surface area contributed by atoms with Crippen LogP contribution in [0.1, 0.15) is 50.2 Å². The van der Waals surface area contributed by atoms with E-state index >= 15 is 0 Å². The monoisotopic (exact) mass is 440 g/mol. The average molecular weight is 441 g/mol. The third-order valence-corrected chi connectivity index (χ3v) is 6.17.